The van der Waals surface area contributed by atoms with E-state index in [1.807, 2.05) is 103 Å². The number of rotatable bonds is 10. The van der Waals surface area contributed by atoms with Gasteiger partial charge >= 0.3 is 0 Å². The molecule has 0 spiro atoms. The number of thioether (sulfide) groups is 1. The number of aliphatic hydroxyl groups excluding tert-OH is 1. The van der Waals surface area contributed by atoms with Gasteiger partial charge in [0.1, 0.15) is 0 Å². The molecule has 8 rings (SSSR count). The van der Waals surface area contributed by atoms with Gasteiger partial charge in [-0.15, -0.1) is 5.10 Å². The number of para-hydroxylation sites is 1. The molecule has 0 aliphatic carbocycles. The predicted molar refractivity (Wildman–Crippen MR) is 191 cm³/mol. The van der Waals surface area contributed by atoms with E-state index >= 15 is 0 Å². The smallest absolute Gasteiger partial charge is 0.261 e. The second-order valence-corrected chi connectivity index (χ2v) is 13.4. The van der Waals surface area contributed by atoms with Crippen molar-refractivity contribution in [2.45, 2.75) is 43.2 Å². The van der Waals surface area contributed by atoms with Crippen molar-refractivity contribution in [3.05, 3.63) is 161 Å². The lowest BCUT2D eigenvalue weighted by atomic mass is 9.99. The van der Waals surface area contributed by atoms with E-state index < -0.39 is 6.29 Å². The average molecular weight is 696 g/mol. The van der Waals surface area contributed by atoms with Crippen molar-refractivity contribution in [1.29, 1.82) is 0 Å². The maximum atomic E-state index is 13.0. The summed E-state index contributed by atoms with van der Waals surface area (Å²) >= 11 is 1.53. The van der Waals surface area contributed by atoms with Crippen molar-refractivity contribution in [3.63, 3.8) is 0 Å². The molecule has 0 saturated carbocycles. The standard InChI is InChI=1S/C40H33N5O5S/c46-24-26-13-15-29(16-14-26)36-22-33(25-51-40-41-42-43-45(40)32-9-2-1-3-10-32)49-39(50-36)30-19-17-28(18-20-30)31-8-6-7-27(21-31)23-44-37(47)34-11-4-5-12-35(34)38(44)48/h1-21,33,36,39,46H,22-25H2/t33-,36+,39+/m1/s1. The molecular weight excluding hydrogens is 663 g/mol. The lowest BCUT2D eigenvalue weighted by molar-refractivity contribution is -0.245. The summed E-state index contributed by atoms with van der Waals surface area (Å²) in [4.78, 5) is 27.2. The van der Waals surface area contributed by atoms with Crippen LogP contribution in [0.1, 0.15) is 61.8 Å². The Kier molecular flexibility index (Phi) is 9.25. The van der Waals surface area contributed by atoms with E-state index in [1.54, 1.807) is 28.9 Å². The van der Waals surface area contributed by atoms with Crippen LogP contribution in [0.5, 0.6) is 0 Å². The lowest BCUT2D eigenvalue weighted by Crippen LogP contribution is -2.31. The minimum absolute atomic E-state index is 0.0229. The van der Waals surface area contributed by atoms with Crippen molar-refractivity contribution < 1.29 is 24.2 Å². The van der Waals surface area contributed by atoms with Crippen molar-refractivity contribution in [2.75, 3.05) is 5.75 Å². The topological polar surface area (TPSA) is 120 Å². The number of nitrogens with zero attached hydrogens (tertiary/aromatic N) is 5. The molecule has 0 unspecified atom stereocenters. The van der Waals surface area contributed by atoms with Crippen molar-refractivity contribution in [1.82, 2.24) is 25.1 Å². The van der Waals surface area contributed by atoms with Gasteiger partial charge in [0.15, 0.2) is 6.29 Å². The van der Waals surface area contributed by atoms with Gasteiger partial charge in [-0.3, -0.25) is 14.5 Å². The second kappa shape index (κ2) is 14.4. The second-order valence-electron chi connectivity index (χ2n) is 12.4. The van der Waals surface area contributed by atoms with Gasteiger partial charge < -0.3 is 14.6 Å². The molecule has 3 heterocycles. The molecule has 2 aliphatic rings. The van der Waals surface area contributed by atoms with Gasteiger partial charge in [-0.25, -0.2) is 0 Å². The highest BCUT2D eigenvalue weighted by atomic mass is 32.2. The summed E-state index contributed by atoms with van der Waals surface area (Å²) in [6, 6.07) is 40.5. The molecule has 1 saturated heterocycles. The molecule has 0 radical (unpaired) electrons. The molecule has 1 aromatic heterocycles. The monoisotopic (exact) mass is 695 g/mol. The van der Waals surface area contributed by atoms with Gasteiger partial charge in [-0.2, -0.15) is 4.68 Å². The highest BCUT2D eigenvalue weighted by molar-refractivity contribution is 7.99. The van der Waals surface area contributed by atoms with E-state index in [2.05, 4.69) is 15.5 Å². The molecule has 5 aromatic carbocycles. The number of tetrazole rings is 1. The van der Waals surface area contributed by atoms with Crippen molar-refractivity contribution >= 4 is 23.6 Å². The summed E-state index contributed by atoms with van der Waals surface area (Å²) in [5, 5.41) is 22.6. The molecule has 51 heavy (non-hydrogen) atoms. The molecular formula is C40H33N5O5S. The Morgan fingerprint density at radius 3 is 2.16 bits per heavy atom. The minimum Gasteiger partial charge on any atom is -0.392 e. The first-order valence-electron chi connectivity index (χ1n) is 16.7. The highest BCUT2D eigenvalue weighted by Crippen LogP contribution is 2.40. The number of hydrogen-bond donors (Lipinski definition) is 1. The van der Waals surface area contributed by atoms with Gasteiger partial charge in [0, 0.05) is 17.7 Å². The molecule has 6 aromatic rings. The number of amides is 2. The Labute approximate surface area is 298 Å². The third-order valence-corrected chi connectivity index (χ3v) is 10.2. The van der Waals surface area contributed by atoms with Crippen LogP contribution < -0.4 is 0 Å². The van der Waals surface area contributed by atoms with E-state index in [9.17, 15) is 14.7 Å². The Morgan fingerprint density at radius 1 is 0.725 bits per heavy atom. The summed E-state index contributed by atoms with van der Waals surface area (Å²) in [7, 11) is 0. The third kappa shape index (κ3) is 6.84. The fourth-order valence-electron chi connectivity index (χ4n) is 6.44. The predicted octanol–water partition coefficient (Wildman–Crippen LogP) is 6.96. The SMILES string of the molecule is O=C1c2ccccc2C(=O)N1Cc1cccc(-c2ccc([C@H]3O[C@@H](CSc4nnnn4-c4ccccc4)C[C@@H](c4ccc(CO)cc4)O3)cc2)c1. The van der Waals surface area contributed by atoms with Gasteiger partial charge in [-0.05, 0) is 68.6 Å². The quantitative estimate of drug-likeness (QED) is 0.120. The number of carbonyl (C=O) groups is 2. The first-order chi connectivity index (χ1) is 25.0. The van der Waals surface area contributed by atoms with E-state index in [0.29, 0.717) is 28.5 Å². The normalized spacial score (nSPS) is 18.6. The fraction of sp³-hybridized carbons (Fsp3) is 0.175. The van der Waals surface area contributed by atoms with Crippen molar-refractivity contribution in [2.24, 2.45) is 0 Å². The first kappa shape index (κ1) is 32.7. The van der Waals surface area contributed by atoms with E-state index in [1.165, 1.54) is 16.7 Å². The number of ether oxygens (including phenoxy) is 2. The molecule has 254 valence electrons. The van der Waals surface area contributed by atoms with Crippen LogP contribution in [-0.4, -0.2) is 53.9 Å². The van der Waals surface area contributed by atoms with Gasteiger partial charge in [0.2, 0.25) is 5.16 Å². The van der Waals surface area contributed by atoms with Crippen LogP contribution in [0.4, 0.5) is 0 Å². The Morgan fingerprint density at radius 2 is 1.43 bits per heavy atom. The van der Waals surface area contributed by atoms with Crippen LogP contribution in [0.3, 0.4) is 0 Å². The zero-order chi connectivity index (χ0) is 34.7. The third-order valence-electron chi connectivity index (χ3n) is 9.12. The van der Waals surface area contributed by atoms with Crippen LogP contribution in [-0.2, 0) is 22.6 Å². The number of carbonyl (C=O) groups excluding carboxylic acids is 2. The zero-order valence-corrected chi connectivity index (χ0v) is 28.2. The summed E-state index contributed by atoms with van der Waals surface area (Å²) in [5.41, 5.74) is 7.30. The Balaban J connectivity index is 0.996. The van der Waals surface area contributed by atoms with Gasteiger partial charge in [0.25, 0.3) is 11.8 Å². The zero-order valence-electron chi connectivity index (χ0n) is 27.4. The minimum atomic E-state index is -0.619. The summed E-state index contributed by atoms with van der Waals surface area (Å²) in [6.07, 6.45) is -0.389. The molecule has 3 atom stereocenters. The van der Waals surface area contributed by atoms with E-state index in [-0.39, 0.29) is 37.2 Å². The van der Waals surface area contributed by atoms with Gasteiger partial charge in [-0.1, -0.05) is 109 Å². The molecule has 11 heteroatoms. The molecule has 1 N–H and O–H groups in total. The van der Waals surface area contributed by atoms with Crippen molar-refractivity contribution in [3.8, 4) is 16.8 Å². The Bertz CT molecular complexity index is 2140. The maximum Gasteiger partial charge on any atom is 0.261 e. The van der Waals surface area contributed by atoms with Crippen LogP contribution in [0.25, 0.3) is 16.8 Å². The average Bonchev–Trinajstić information content (AvgIpc) is 3.76. The molecule has 0 bridgehead atoms. The van der Waals surface area contributed by atoms with E-state index in [0.717, 1.165) is 39.1 Å². The number of hydrogen-bond acceptors (Lipinski definition) is 9. The van der Waals surface area contributed by atoms with Crippen LogP contribution in [0.2, 0.25) is 0 Å². The molecule has 2 amide bonds. The summed E-state index contributed by atoms with van der Waals surface area (Å²) < 4.78 is 14.9. The maximum absolute atomic E-state index is 13.0. The van der Waals surface area contributed by atoms with Crippen LogP contribution in [0.15, 0.2) is 133 Å². The number of imide groups is 1. The largest absolute Gasteiger partial charge is 0.392 e. The number of fused-ring (bicyclic) bond motifs is 1. The number of aliphatic hydroxyl groups is 1. The molecule has 10 nitrogen and oxygen atoms in total. The highest BCUT2D eigenvalue weighted by Gasteiger charge is 2.35. The van der Waals surface area contributed by atoms with Gasteiger partial charge in [0.05, 0.1) is 42.2 Å². The Hall–Kier alpha value is -5.46. The number of aromatic nitrogens is 4. The van der Waals surface area contributed by atoms with E-state index in [4.69, 9.17) is 9.47 Å². The first-order valence-corrected chi connectivity index (χ1v) is 17.6. The number of benzene rings is 5. The van der Waals surface area contributed by atoms with Crippen LogP contribution in [0, 0.1) is 0 Å². The summed E-state index contributed by atoms with van der Waals surface area (Å²) in [6.45, 7) is 0.171. The van der Waals surface area contributed by atoms with Crippen LogP contribution >= 0.6 is 11.8 Å². The summed E-state index contributed by atoms with van der Waals surface area (Å²) in [5.74, 6) is 0.0647. The molecule has 2 aliphatic heterocycles. The molecule has 1 fully saturated rings. The fourth-order valence-corrected chi connectivity index (χ4v) is 7.35. The lowest BCUT2D eigenvalue weighted by Gasteiger charge is -2.36.